The Kier molecular flexibility index (Phi) is 4.01. The van der Waals surface area contributed by atoms with Crippen molar-refractivity contribution in [2.24, 2.45) is 5.73 Å². The second-order valence-electron chi connectivity index (χ2n) is 4.98. The number of amides is 1. The first-order valence-electron chi connectivity index (χ1n) is 7.01. The van der Waals surface area contributed by atoms with Crippen LogP contribution in [0.3, 0.4) is 0 Å². The van der Waals surface area contributed by atoms with Gasteiger partial charge in [0.1, 0.15) is 5.82 Å². The maximum absolute atomic E-state index is 11.1. The third-order valence-corrected chi connectivity index (χ3v) is 3.26. The second-order valence-corrected chi connectivity index (χ2v) is 4.98. The molecule has 0 saturated carbocycles. The molecule has 2 heterocycles. The predicted octanol–water partition coefficient (Wildman–Crippen LogP) is 2.15. The molecule has 1 aromatic carbocycles. The van der Waals surface area contributed by atoms with Gasteiger partial charge in [0.25, 0.3) is 0 Å². The summed E-state index contributed by atoms with van der Waals surface area (Å²) in [6.07, 6.45) is 1.55. The number of carbonyl (C=O) groups is 1. The van der Waals surface area contributed by atoms with Crippen LogP contribution in [-0.4, -0.2) is 21.0 Å². The summed E-state index contributed by atoms with van der Waals surface area (Å²) >= 11 is 0. The summed E-state index contributed by atoms with van der Waals surface area (Å²) in [5, 5.41) is 7.03. The standard InChI is InChI=1S/C16H15N5O2/c1-10-20-16(21-23-10)12-4-2-11(3-5-12)9-19-14-8-13(15(17)22)6-7-18-14/h2-8H,9H2,1H3,(H2,17,22)(H,18,19). The zero-order valence-electron chi connectivity index (χ0n) is 12.5. The molecule has 3 aromatic rings. The quantitative estimate of drug-likeness (QED) is 0.748. The summed E-state index contributed by atoms with van der Waals surface area (Å²) in [6.45, 7) is 2.32. The minimum absolute atomic E-state index is 0.422. The van der Waals surface area contributed by atoms with Gasteiger partial charge in [-0.2, -0.15) is 4.98 Å². The lowest BCUT2D eigenvalue weighted by Gasteiger charge is -2.07. The third-order valence-electron chi connectivity index (χ3n) is 3.26. The summed E-state index contributed by atoms with van der Waals surface area (Å²) in [4.78, 5) is 19.5. The molecular formula is C16H15N5O2. The van der Waals surface area contributed by atoms with E-state index in [0.29, 0.717) is 29.6 Å². The molecule has 0 saturated heterocycles. The molecule has 0 radical (unpaired) electrons. The Morgan fingerprint density at radius 3 is 2.70 bits per heavy atom. The van der Waals surface area contributed by atoms with Crippen molar-refractivity contribution < 1.29 is 9.32 Å². The molecule has 0 unspecified atom stereocenters. The summed E-state index contributed by atoms with van der Waals surface area (Å²) in [5.41, 5.74) is 7.62. The lowest BCUT2D eigenvalue weighted by Crippen LogP contribution is -2.11. The minimum atomic E-state index is -0.477. The first-order valence-corrected chi connectivity index (χ1v) is 7.01. The second kappa shape index (κ2) is 6.27. The molecule has 0 aliphatic carbocycles. The van der Waals surface area contributed by atoms with Gasteiger partial charge in [0.15, 0.2) is 0 Å². The molecule has 7 heteroatoms. The number of carbonyl (C=O) groups excluding carboxylic acids is 1. The van der Waals surface area contributed by atoms with Gasteiger partial charge in [-0.1, -0.05) is 29.4 Å². The van der Waals surface area contributed by atoms with Crippen LogP contribution in [0.2, 0.25) is 0 Å². The number of hydrogen-bond donors (Lipinski definition) is 2. The number of nitrogens with zero attached hydrogens (tertiary/aromatic N) is 3. The van der Waals surface area contributed by atoms with Crippen molar-refractivity contribution in [2.75, 3.05) is 5.32 Å². The number of nitrogens with one attached hydrogen (secondary N) is 1. The number of hydrogen-bond acceptors (Lipinski definition) is 6. The van der Waals surface area contributed by atoms with E-state index in [2.05, 4.69) is 20.4 Å². The van der Waals surface area contributed by atoms with Crippen LogP contribution in [0.15, 0.2) is 47.1 Å². The third kappa shape index (κ3) is 3.52. The predicted molar refractivity (Wildman–Crippen MR) is 84.6 cm³/mol. The Labute approximate surface area is 132 Å². The topological polar surface area (TPSA) is 107 Å². The number of nitrogens with two attached hydrogens (primary N) is 1. The normalized spacial score (nSPS) is 10.5. The van der Waals surface area contributed by atoms with Gasteiger partial charge in [-0.15, -0.1) is 0 Å². The fraction of sp³-hybridized carbons (Fsp3) is 0.125. The Morgan fingerprint density at radius 1 is 1.26 bits per heavy atom. The van der Waals surface area contributed by atoms with Gasteiger partial charge in [-0.05, 0) is 17.7 Å². The molecule has 3 N–H and O–H groups in total. The Bertz CT molecular complexity index is 826. The summed E-state index contributed by atoms with van der Waals surface area (Å²) in [6, 6.07) is 11.0. The van der Waals surface area contributed by atoms with Crippen LogP contribution in [0, 0.1) is 6.92 Å². The van der Waals surface area contributed by atoms with Crippen LogP contribution in [0.1, 0.15) is 21.8 Å². The molecule has 0 fully saturated rings. The van der Waals surface area contributed by atoms with E-state index in [0.717, 1.165) is 11.1 Å². The van der Waals surface area contributed by atoms with Crippen molar-refractivity contribution in [1.82, 2.24) is 15.1 Å². The van der Waals surface area contributed by atoms with Crippen molar-refractivity contribution in [3.05, 3.63) is 59.6 Å². The molecule has 1 amide bonds. The molecule has 7 nitrogen and oxygen atoms in total. The van der Waals surface area contributed by atoms with E-state index in [1.165, 1.54) is 0 Å². The fourth-order valence-electron chi connectivity index (χ4n) is 2.06. The first kappa shape index (κ1) is 14.7. The van der Waals surface area contributed by atoms with Crippen molar-refractivity contribution in [1.29, 1.82) is 0 Å². The molecule has 3 rings (SSSR count). The minimum Gasteiger partial charge on any atom is -0.366 e. The van der Waals surface area contributed by atoms with Crippen LogP contribution in [0.5, 0.6) is 0 Å². The molecule has 0 atom stereocenters. The van der Waals surface area contributed by atoms with Crippen LogP contribution < -0.4 is 11.1 Å². The molecule has 2 aromatic heterocycles. The summed E-state index contributed by atoms with van der Waals surface area (Å²) in [7, 11) is 0. The molecule has 23 heavy (non-hydrogen) atoms. The van der Waals surface area contributed by atoms with E-state index in [1.54, 1.807) is 25.3 Å². The monoisotopic (exact) mass is 309 g/mol. The van der Waals surface area contributed by atoms with Crippen molar-refractivity contribution in [3.8, 4) is 11.4 Å². The van der Waals surface area contributed by atoms with E-state index < -0.39 is 5.91 Å². The average molecular weight is 309 g/mol. The van der Waals surface area contributed by atoms with E-state index in [4.69, 9.17) is 10.3 Å². The summed E-state index contributed by atoms with van der Waals surface area (Å²) < 4.78 is 4.97. The van der Waals surface area contributed by atoms with Crippen LogP contribution >= 0.6 is 0 Å². The highest BCUT2D eigenvalue weighted by Gasteiger charge is 2.06. The molecule has 116 valence electrons. The maximum atomic E-state index is 11.1. The Hall–Kier alpha value is -3.22. The number of rotatable bonds is 5. The van der Waals surface area contributed by atoms with Gasteiger partial charge in [-0.25, -0.2) is 4.98 Å². The van der Waals surface area contributed by atoms with E-state index in [-0.39, 0.29) is 0 Å². The number of aromatic nitrogens is 3. The number of anilines is 1. The zero-order chi connectivity index (χ0) is 16.2. The van der Waals surface area contributed by atoms with Crippen LogP contribution in [0.25, 0.3) is 11.4 Å². The van der Waals surface area contributed by atoms with Gasteiger partial charge in [0.05, 0.1) is 0 Å². The molecule has 0 spiro atoms. The molecule has 0 aliphatic rings. The molecule has 0 aliphatic heterocycles. The van der Waals surface area contributed by atoms with Crippen molar-refractivity contribution in [2.45, 2.75) is 13.5 Å². The van der Waals surface area contributed by atoms with Gasteiger partial charge in [0, 0.05) is 30.8 Å². The number of primary amides is 1. The number of benzene rings is 1. The first-order chi connectivity index (χ1) is 11.1. The van der Waals surface area contributed by atoms with Crippen LogP contribution in [-0.2, 0) is 6.54 Å². The molecule has 0 bridgehead atoms. The summed E-state index contributed by atoms with van der Waals surface area (Å²) in [5.74, 6) is 1.22. The van der Waals surface area contributed by atoms with Crippen LogP contribution in [0.4, 0.5) is 5.82 Å². The Morgan fingerprint density at radius 2 is 2.04 bits per heavy atom. The van der Waals surface area contributed by atoms with Gasteiger partial charge < -0.3 is 15.6 Å². The number of aryl methyl sites for hydroxylation is 1. The van der Waals surface area contributed by atoms with Gasteiger partial charge in [-0.3, -0.25) is 4.79 Å². The van der Waals surface area contributed by atoms with Crippen molar-refractivity contribution >= 4 is 11.7 Å². The number of pyridine rings is 1. The fourth-order valence-corrected chi connectivity index (χ4v) is 2.06. The lowest BCUT2D eigenvalue weighted by atomic mass is 10.1. The zero-order valence-corrected chi connectivity index (χ0v) is 12.5. The highest BCUT2D eigenvalue weighted by molar-refractivity contribution is 5.93. The highest BCUT2D eigenvalue weighted by atomic mass is 16.5. The maximum Gasteiger partial charge on any atom is 0.248 e. The smallest absolute Gasteiger partial charge is 0.248 e. The average Bonchev–Trinajstić information content (AvgIpc) is 3.00. The van der Waals surface area contributed by atoms with Gasteiger partial charge in [0.2, 0.25) is 17.6 Å². The van der Waals surface area contributed by atoms with E-state index >= 15 is 0 Å². The molecular weight excluding hydrogens is 294 g/mol. The van der Waals surface area contributed by atoms with E-state index in [1.807, 2.05) is 24.3 Å². The van der Waals surface area contributed by atoms with Crippen molar-refractivity contribution in [3.63, 3.8) is 0 Å². The van der Waals surface area contributed by atoms with Gasteiger partial charge >= 0.3 is 0 Å². The lowest BCUT2D eigenvalue weighted by molar-refractivity contribution is 0.1000. The Balaban J connectivity index is 1.67. The largest absolute Gasteiger partial charge is 0.366 e. The SMILES string of the molecule is Cc1nc(-c2ccc(CNc3cc(C(N)=O)ccn3)cc2)no1. The van der Waals surface area contributed by atoms with E-state index in [9.17, 15) is 4.79 Å². The highest BCUT2D eigenvalue weighted by Crippen LogP contribution is 2.17.